The molecule has 22 heavy (non-hydrogen) atoms. The molecule has 120 valence electrons. The zero-order valence-corrected chi connectivity index (χ0v) is 14.0. The molecule has 2 saturated heterocycles. The van der Waals surface area contributed by atoms with E-state index < -0.39 is 0 Å². The summed E-state index contributed by atoms with van der Waals surface area (Å²) in [5, 5.41) is 0.156. The van der Waals surface area contributed by atoms with Gasteiger partial charge >= 0.3 is 0 Å². The second-order valence-corrected chi connectivity index (χ2v) is 6.99. The van der Waals surface area contributed by atoms with Crippen LogP contribution in [0.3, 0.4) is 0 Å². The molecule has 1 aromatic rings. The lowest BCUT2D eigenvalue weighted by molar-refractivity contribution is -0.128. The molecule has 0 bridgehead atoms. The molecule has 0 unspecified atom stereocenters. The highest BCUT2D eigenvalue weighted by Crippen LogP contribution is 2.38. The SMILES string of the molecule is COc1ccc([C@@H]2SCC(=O)N2CCN2CCCCC2)cc1. The molecule has 0 spiro atoms. The Morgan fingerprint density at radius 3 is 2.55 bits per heavy atom. The van der Waals surface area contributed by atoms with Gasteiger partial charge < -0.3 is 14.5 Å². The summed E-state index contributed by atoms with van der Waals surface area (Å²) in [5.74, 6) is 1.72. The summed E-state index contributed by atoms with van der Waals surface area (Å²) in [7, 11) is 1.67. The van der Waals surface area contributed by atoms with Gasteiger partial charge in [-0.1, -0.05) is 18.6 Å². The van der Waals surface area contributed by atoms with Crippen molar-refractivity contribution in [1.29, 1.82) is 0 Å². The Hall–Kier alpha value is -1.20. The van der Waals surface area contributed by atoms with Gasteiger partial charge in [0.25, 0.3) is 0 Å². The van der Waals surface area contributed by atoms with Crippen LogP contribution >= 0.6 is 11.8 Å². The fourth-order valence-corrected chi connectivity index (χ4v) is 4.39. The highest BCUT2D eigenvalue weighted by atomic mass is 32.2. The van der Waals surface area contributed by atoms with Gasteiger partial charge in [-0.15, -0.1) is 11.8 Å². The zero-order chi connectivity index (χ0) is 15.4. The summed E-state index contributed by atoms with van der Waals surface area (Å²) in [5.41, 5.74) is 1.19. The summed E-state index contributed by atoms with van der Waals surface area (Å²) in [6.07, 6.45) is 3.94. The fourth-order valence-electron chi connectivity index (χ4n) is 3.17. The van der Waals surface area contributed by atoms with Gasteiger partial charge in [0.1, 0.15) is 11.1 Å². The van der Waals surface area contributed by atoms with E-state index >= 15 is 0 Å². The highest BCUT2D eigenvalue weighted by molar-refractivity contribution is 8.00. The molecule has 5 heteroatoms. The number of hydrogen-bond donors (Lipinski definition) is 0. The van der Waals surface area contributed by atoms with Gasteiger partial charge in [0, 0.05) is 13.1 Å². The molecular weight excluding hydrogens is 296 g/mol. The van der Waals surface area contributed by atoms with E-state index in [9.17, 15) is 4.79 Å². The number of hydrogen-bond acceptors (Lipinski definition) is 4. The van der Waals surface area contributed by atoms with Crippen LogP contribution in [-0.4, -0.2) is 54.7 Å². The predicted octanol–water partition coefficient (Wildman–Crippen LogP) is 2.76. The van der Waals surface area contributed by atoms with Crippen molar-refractivity contribution in [2.24, 2.45) is 0 Å². The topological polar surface area (TPSA) is 32.8 Å². The van der Waals surface area contributed by atoms with Crippen molar-refractivity contribution in [1.82, 2.24) is 9.80 Å². The number of nitrogens with zero attached hydrogens (tertiary/aromatic N) is 2. The summed E-state index contributed by atoms with van der Waals surface area (Å²) in [6.45, 7) is 4.20. The van der Waals surface area contributed by atoms with E-state index in [-0.39, 0.29) is 11.3 Å². The number of methoxy groups -OCH3 is 1. The lowest BCUT2D eigenvalue weighted by atomic mass is 10.1. The number of piperidine rings is 1. The van der Waals surface area contributed by atoms with Crippen LogP contribution in [0.4, 0.5) is 0 Å². The molecule has 1 aromatic carbocycles. The lowest BCUT2D eigenvalue weighted by Gasteiger charge is -2.30. The quantitative estimate of drug-likeness (QED) is 0.835. The molecule has 1 amide bonds. The van der Waals surface area contributed by atoms with Crippen LogP contribution in [0.15, 0.2) is 24.3 Å². The third kappa shape index (κ3) is 3.58. The van der Waals surface area contributed by atoms with Crippen LogP contribution in [0.1, 0.15) is 30.2 Å². The maximum absolute atomic E-state index is 12.2. The Morgan fingerprint density at radius 1 is 1.14 bits per heavy atom. The number of likely N-dealkylation sites (tertiary alicyclic amines) is 1. The fraction of sp³-hybridized carbons (Fsp3) is 0.588. The molecule has 2 aliphatic rings. The Labute approximate surface area is 136 Å². The van der Waals surface area contributed by atoms with Crippen LogP contribution in [-0.2, 0) is 4.79 Å². The van der Waals surface area contributed by atoms with Crippen LogP contribution in [0.25, 0.3) is 0 Å². The van der Waals surface area contributed by atoms with Crippen molar-refractivity contribution in [3.05, 3.63) is 29.8 Å². The minimum absolute atomic E-state index is 0.156. The van der Waals surface area contributed by atoms with E-state index in [0.717, 1.165) is 18.8 Å². The van der Waals surface area contributed by atoms with Gasteiger partial charge in [0.2, 0.25) is 5.91 Å². The van der Waals surface area contributed by atoms with Crippen molar-refractivity contribution in [3.63, 3.8) is 0 Å². The largest absolute Gasteiger partial charge is 0.497 e. The second-order valence-electron chi connectivity index (χ2n) is 5.93. The maximum atomic E-state index is 12.2. The van der Waals surface area contributed by atoms with Crippen LogP contribution < -0.4 is 4.74 Å². The number of carbonyl (C=O) groups is 1. The van der Waals surface area contributed by atoms with Crippen molar-refractivity contribution >= 4 is 17.7 Å². The van der Waals surface area contributed by atoms with E-state index in [2.05, 4.69) is 17.0 Å². The van der Waals surface area contributed by atoms with Crippen molar-refractivity contribution < 1.29 is 9.53 Å². The number of benzene rings is 1. The Morgan fingerprint density at radius 2 is 1.86 bits per heavy atom. The number of rotatable bonds is 5. The van der Waals surface area contributed by atoms with E-state index in [1.54, 1.807) is 18.9 Å². The first-order chi connectivity index (χ1) is 10.8. The van der Waals surface area contributed by atoms with Crippen LogP contribution in [0.5, 0.6) is 5.75 Å². The van der Waals surface area contributed by atoms with E-state index in [1.807, 2.05) is 17.0 Å². The molecule has 2 heterocycles. The zero-order valence-electron chi connectivity index (χ0n) is 13.2. The highest BCUT2D eigenvalue weighted by Gasteiger charge is 2.32. The molecule has 3 rings (SSSR count). The summed E-state index contributed by atoms with van der Waals surface area (Å²) < 4.78 is 5.21. The van der Waals surface area contributed by atoms with Crippen LogP contribution in [0, 0.1) is 0 Å². The summed E-state index contributed by atoms with van der Waals surface area (Å²) in [6, 6.07) is 8.09. The van der Waals surface area contributed by atoms with Gasteiger partial charge in [0.15, 0.2) is 0 Å². The number of amides is 1. The first-order valence-electron chi connectivity index (χ1n) is 8.05. The van der Waals surface area contributed by atoms with Gasteiger partial charge in [-0.3, -0.25) is 4.79 Å². The standard InChI is InChI=1S/C17H24N2O2S/c1-21-15-7-5-14(6-8-15)17-19(16(20)13-22-17)12-11-18-9-3-2-4-10-18/h5-8,17H,2-4,9-13H2,1H3/t17-/m0/s1. The molecule has 0 aromatic heterocycles. The smallest absolute Gasteiger partial charge is 0.233 e. The minimum atomic E-state index is 0.156. The van der Waals surface area contributed by atoms with E-state index in [4.69, 9.17) is 4.74 Å². The summed E-state index contributed by atoms with van der Waals surface area (Å²) >= 11 is 1.73. The second kappa shape index (κ2) is 7.38. The van der Waals surface area contributed by atoms with Gasteiger partial charge in [-0.25, -0.2) is 0 Å². The van der Waals surface area contributed by atoms with E-state index in [0.29, 0.717) is 5.75 Å². The summed E-state index contributed by atoms with van der Waals surface area (Å²) in [4.78, 5) is 16.7. The molecule has 1 atom stereocenters. The molecular formula is C17H24N2O2S. The van der Waals surface area contributed by atoms with Gasteiger partial charge in [-0.2, -0.15) is 0 Å². The normalized spacial score (nSPS) is 23.0. The van der Waals surface area contributed by atoms with Crippen molar-refractivity contribution in [3.8, 4) is 5.75 Å². The third-order valence-electron chi connectivity index (χ3n) is 4.47. The van der Waals surface area contributed by atoms with E-state index in [1.165, 1.54) is 37.9 Å². The molecule has 0 N–H and O–H groups in total. The molecule has 4 nitrogen and oxygen atoms in total. The minimum Gasteiger partial charge on any atom is -0.497 e. The Kier molecular flexibility index (Phi) is 5.26. The first kappa shape index (κ1) is 15.7. The van der Waals surface area contributed by atoms with Crippen LogP contribution in [0.2, 0.25) is 0 Å². The molecule has 2 aliphatic heterocycles. The maximum Gasteiger partial charge on any atom is 0.233 e. The molecule has 0 radical (unpaired) electrons. The number of ether oxygens (including phenoxy) is 1. The van der Waals surface area contributed by atoms with Gasteiger partial charge in [0.05, 0.1) is 12.9 Å². The average Bonchev–Trinajstić information content (AvgIpc) is 2.95. The Balaban J connectivity index is 1.63. The average molecular weight is 320 g/mol. The number of thioether (sulfide) groups is 1. The molecule has 0 aliphatic carbocycles. The lowest BCUT2D eigenvalue weighted by Crippen LogP contribution is -2.39. The Bertz CT molecular complexity index is 500. The van der Waals surface area contributed by atoms with Crippen molar-refractivity contribution in [2.45, 2.75) is 24.6 Å². The molecule has 2 fully saturated rings. The predicted molar refractivity (Wildman–Crippen MR) is 90.2 cm³/mol. The monoisotopic (exact) mass is 320 g/mol. The first-order valence-corrected chi connectivity index (χ1v) is 9.10. The third-order valence-corrected chi connectivity index (χ3v) is 5.73. The number of carbonyl (C=O) groups excluding carboxylic acids is 1. The molecule has 0 saturated carbocycles. The van der Waals surface area contributed by atoms with Crippen molar-refractivity contribution in [2.75, 3.05) is 39.0 Å². The van der Waals surface area contributed by atoms with Gasteiger partial charge in [-0.05, 0) is 43.6 Å².